The van der Waals surface area contributed by atoms with Gasteiger partial charge in [0.15, 0.2) is 0 Å². The minimum Gasteiger partial charge on any atom is -0.480 e. The van der Waals surface area contributed by atoms with Crippen molar-refractivity contribution in [3.8, 4) is 11.1 Å². The summed E-state index contributed by atoms with van der Waals surface area (Å²) in [5.74, 6) is -1.43. The molecule has 0 spiro atoms. The summed E-state index contributed by atoms with van der Waals surface area (Å²) in [7, 11) is -7.42. The zero-order valence-electron chi connectivity index (χ0n) is 39.1. The number of sulfone groups is 1. The Morgan fingerprint density at radius 1 is 0.859 bits per heavy atom. The molecule has 71 heavy (non-hydrogen) atoms. The lowest BCUT2D eigenvalue weighted by Crippen LogP contribution is -2.35. The predicted octanol–water partition coefficient (Wildman–Crippen LogP) is 8.18. The number of sulfonamides is 1. The quantitative estimate of drug-likeness (QED) is 0.0343. The Balaban J connectivity index is 1.09. The summed E-state index contributed by atoms with van der Waals surface area (Å²) < 4.78 is 104. The zero-order valence-corrected chi connectivity index (χ0v) is 42.3. The molecule has 1 aliphatic heterocycles. The highest BCUT2D eigenvalue weighted by Crippen LogP contribution is 2.39. The van der Waals surface area contributed by atoms with Crippen LogP contribution in [-0.4, -0.2) is 126 Å². The SMILES string of the molecule is CN(CCOC(=O)CN(C)CC(=O)O)CCC(CSc1ccccc1)Nc1ccc(S(=O)(=O)NCc2ccc(N3CCC([C@@H](O)c4ccccc4-c4ccc(Cl)cc4)CC3)cc2)cc1S(=O)(=O)C(F)(F)F. The van der Waals surface area contributed by atoms with E-state index in [9.17, 15) is 44.7 Å². The summed E-state index contributed by atoms with van der Waals surface area (Å²) in [6, 6.07) is 33.5. The van der Waals surface area contributed by atoms with E-state index in [1.165, 1.54) is 23.7 Å². The number of esters is 1. The first-order valence-corrected chi connectivity index (χ1v) is 27.0. The maximum Gasteiger partial charge on any atom is 0.501 e. The fourth-order valence-corrected chi connectivity index (χ4v) is 11.3. The summed E-state index contributed by atoms with van der Waals surface area (Å²) in [6.45, 7) is 1.10. The topological polar surface area (TPSA) is 186 Å². The number of thioether (sulfide) groups is 1. The molecule has 1 fully saturated rings. The van der Waals surface area contributed by atoms with Gasteiger partial charge in [-0.1, -0.05) is 78.3 Å². The van der Waals surface area contributed by atoms with E-state index in [-0.39, 0.29) is 50.9 Å². The van der Waals surface area contributed by atoms with E-state index in [1.54, 1.807) is 24.1 Å². The van der Waals surface area contributed by atoms with Crippen LogP contribution in [0.25, 0.3) is 11.1 Å². The van der Waals surface area contributed by atoms with E-state index >= 15 is 0 Å². The average Bonchev–Trinajstić information content (AvgIpc) is 3.34. The number of carbonyl (C=O) groups is 2. The molecule has 382 valence electrons. The van der Waals surface area contributed by atoms with Gasteiger partial charge in [0.05, 0.1) is 29.8 Å². The van der Waals surface area contributed by atoms with Crippen LogP contribution in [0, 0.1) is 5.92 Å². The number of carboxylic acids is 1. The number of hydrogen-bond acceptors (Lipinski definition) is 13. The van der Waals surface area contributed by atoms with Crippen molar-refractivity contribution in [2.45, 2.75) is 58.1 Å². The highest BCUT2D eigenvalue weighted by molar-refractivity contribution is 7.99. The first kappa shape index (κ1) is 55.1. The maximum atomic E-state index is 14.3. The molecule has 0 radical (unpaired) electrons. The van der Waals surface area contributed by atoms with Crippen molar-refractivity contribution in [2.75, 3.05) is 75.9 Å². The largest absolute Gasteiger partial charge is 0.501 e. The minimum atomic E-state index is -6.07. The molecule has 5 aromatic carbocycles. The van der Waals surface area contributed by atoms with Crippen LogP contribution in [0.4, 0.5) is 24.5 Å². The summed E-state index contributed by atoms with van der Waals surface area (Å²) in [6.07, 6.45) is 1.05. The summed E-state index contributed by atoms with van der Waals surface area (Å²) in [5, 5.41) is 24.0. The van der Waals surface area contributed by atoms with E-state index in [4.69, 9.17) is 21.4 Å². The third-order valence-electron chi connectivity index (χ3n) is 12.0. The first-order valence-electron chi connectivity index (χ1n) is 22.7. The Morgan fingerprint density at radius 3 is 2.18 bits per heavy atom. The molecule has 1 saturated heterocycles. The van der Waals surface area contributed by atoms with Crippen LogP contribution in [0.2, 0.25) is 5.02 Å². The van der Waals surface area contributed by atoms with Crippen molar-refractivity contribution in [2.24, 2.45) is 5.92 Å². The van der Waals surface area contributed by atoms with Gasteiger partial charge < -0.3 is 30.1 Å². The van der Waals surface area contributed by atoms with Crippen LogP contribution >= 0.6 is 23.4 Å². The van der Waals surface area contributed by atoms with Gasteiger partial charge in [0, 0.05) is 53.6 Å². The third kappa shape index (κ3) is 15.7. The molecule has 0 bridgehead atoms. The summed E-state index contributed by atoms with van der Waals surface area (Å²) in [4.78, 5) is 27.2. The van der Waals surface area contributed by atoms with E-state index in [0.29, 0.717) is 36.3 Å². The number of carbonyl (C=O) groups excluding carboxylic acids is 1. The second kappa shape index (κ2) is 25.0. The number of aliphatic carboxylic acids is 1. The van der Waals surface area contributed by atoms with E-state index < -0.39 is 64.9 Å². The van der Waals surface area contributed by atoms with Crippen LogP contribution < -0.4 is 14.9 Å². The van der Waals surface area contributed by atoms with Crippen LogP contribution in [0.5, 0.6) is 0 Å². The van der Waals surface area contributed by atoms with Gasteiger partial charge in [0.25, 0.3) is 9.84 Å². The van der Waals surface area contributed by atoms with Crippen molar-refractivity contribution in [3.05, 3.63) is 137 Å². The molecule has 21 heteroatoms. The Morgan fingerprint density at radius 2 is 1.52 bits per heavy atom. The number of halogens is 4. The molecule has 14 nitrogen and oxygen atoms in total. The number of piperidine rings is 1. The normalized spacial score (nSPS) is 14.6. The Bertz CT molecular complexity index is 2790. The Labute approximate surface area is 422 Å². The summed E-state index contributed by atoms with van der Waals surface area (Å²) >= 11 is 7.49. The molecule has 0 amide bonds. The van der Waals surface area contributed by atoms with Gasteiger partial charge in [-0.15, -0.1) is 11.8 Å². The molecule has 0 aliphatic carbocycles. The molecule has 6 rings (SSSR count). The van der Waals surface area contributed by atoms with Gasteiger partial charge in [0.2, 0.25) is 10.0 Å². The number of benzene rings is 5. The average molecular weight is 1060 g/mol. The number of likely N-dealkylation sites (N-methyl/N-ethyl adjacent to an activating group) is 2. The fourth-order valence-electron chi connectivity index (χ4n) is 8.08. The van der Waals surface area contributed by atoms with Crippen LogP contribution in [-0.2, 0) is 40.7 Å². The first-order chi connectivity index (χ1) is 33.7. The summed E-state index contributed by atoms with van der Waals surface area (Å²) in [5.41, 5.74) is -1.99. The third-order valence-corrected chi connectivity index (χ3v) is 16.4. The Hall–Kier alpha value is -5.19. The number of carboxylic acid groups (broad SMARTS) is 1. The molecule has 0 saturated carbocycles. The molecule has 0 aromatic heterocycles. The molecular formula is C50H57ClF3N5O9S3. The molecule has 4 N–H and O–H groups in total. The van der Waals surface area contributed by atoms with E-state index in [1.807, 2.05) is 91.0 Å². The maximum absolute atomic E-state index is 14.3. The van der Waals surface area contributed by atoms with E-state index in [0.717, 1.165) is 52.2 Å². The number of aliphatic hydroxyl groups excluding tert-OH is 1. The van der Waals surface area contributed by atoms with Gasteiger partial charge in [-0.2, -0.15) is 13.2 Å². The number of nitrogens with one attached hydrogen (secondary N) is 2. The predicted molar refractivity (Wildman–Crippen MR) is 270 cm³/mol. The van der Waals surface area contributed by atoms with Crippen molar-refractivity contribution >= 4 is 66.5 Å². The minimum absolute atomic E-state index is 0.0164. The lowest BCUT2D eigenvalue weighted by Gasteiger charge is -2.36. The smallest absolute Gasteiger partial charge is 0.480 e. The molecule has 1 aliphatic rings. The number of ether oxygens (including phenoxy) is 1. The van der Waals surface area contributed by atoms with E-state index in [2.05, 4.69) is 14.9 Å². The van der Waals surface area contributed by atoms with Crippen molar-refractivity contribution < 1.29 is 54.5 Å². The second-order valence-electron chi connectivity index (χ2n) is 17.3. The number of rotatable bonds is 24. The van der Waals surface area contributed by atoms with Gasteiger partial charge in [-0.25, -0.2) is 21.6 Å². The number of alkyl halides is 3. The highest BCUT2D eigenvalue weighted by Gasteiger charge is 2.48. The van der Waals surface area contributed by atoms with Gasteiger partial charge in [0.1, 0.15) is 11.5 Å². The highest BCUT2D eigenvalue weighted by atomic mass is 35.5. The lowest BCUT2D eigenvalue weighted by molar-refractivity contribution is -0.146. The number of hydrogen-bond donors (Lipinski definition) is 4. The standard InChI is InChI=1S/C50H57ClF3N5O9S3/c1-57(28-29-68-48(62)33-58(2)32-47(60)61)25-24-39(34-69-41-8-4-3-5-9-41)56-45-21-20-42(30-46(45)70(64,65)50(52,53)54)71(66,67)55-31-35-12-18-40(19-13-35)59-26-22-37(23-27-59)49(63)44-11-7-6-10-43(44)36-14-16-38(51)17-15-36/h3-21,30,37,39,49,55-56,63H,22-29,31-34H2,1-2H3,(H,60,61)/t39?,49-/m1/s1. The van der Waals surface area contributed by atoms with Gasteiger partial charge in [-0.05, 0) is 123 Å². The second-order valence-corrected chi connectivity index (χ2v) is 22.5. The van der Waals surface area contributed by atoms with Gasteiger partial charge in [-0.3, -0.25) is 14.5 Å². The number of anilines is 2. The monoisotopic (exact) mass is 1060 g/mol. The lowest BCUT2D eigenvalue weighted by atomic mass is 9.84. The van der Waals surface area contributed by atoms with Crippen molar-refractivity contribution in [1.82, 2.24) is 14.5 Å². The van der Waals surface area contributed by atoms with Crippen LogP contribution in [0.3, 0.4) is 0 Å². The number of aliphatic hydroxyl groups is 1. The zero-order chi connectivity index (χ0) is 51.3. The van der Waals surface area contributed by atoms with Gasteiger partial charge >= 0.3 is 17.4 Å². The molecular weight excluding hydrogens is 1000 g/mol. The number of nitrogens with zero attached hydrogens (tertiary/aromatic N) is 3. The molecule has 5 aromatic rings. The van der Waals surface area contributed by atoms with Crippen molar-refractivity contribution in [1.29, 1.82) is 0 Å². The Kier molecular flexibility index (Phi) is 19.4. The van der Waals surface area contributed by atoms with Crippen LogP contribution in [0.1, 0.15) is 36.5 Å². The molecule has 1 unspecified atom stereocenters. The van der Waals surface area contributed by atoms with Crippen molar-refractivity contribution in [3.63, 3.8) is 0 Å². The molecule has 1 heterocycles. The molecule has 2 atom stereocenters. The fraction of sp³-hybridized carbons (Fsp3) is 0.360. The van der Waals surface area contributed by atoms with Crippen LogP contribution in [0.15, 0.2) is 136 Å².